The predicted octanol–water partition coefficient (Wildman–Crippen LogP) is 2.37. The van der Waals surface area contributed by atoms with Gasteiger partial charge < -0.3 is 5.32 Å². The van der Waals surface area contributed by atoms with Crippen LogP contribution in [0.4, 0.5) is 10.1 Å². The number of nitriles is 1. The number of hydrogen-bond acceptors (Lipinski definition) is 2. The van der Waals surface area contributed by atoms with Crippen molar-refractivity contribution < 1.29 is 4.39 Å². The molecule has 1 N–H and O–H groups in total. The van der Waals surface area contributed by atoms with Crippen molar-refractivity contribution >= 4 is 28.3 Å². The standard InChI is InChI=1S/C8H6FIN2/c9-6-2-1-3-7(8(6)10)12-5-4-11/h1-3,12H,5H2. The molecule has 0 bridgehead atoms. The van der Waals surface area contributed by atoms with E-state index in [0.29, 0.717) is 9.26 Å². The van der Waals surface area contributed by atoms with Gasteiger partial charge in [0.25, 0.3) is 0 Å². The summed E-state index contributed by atoms with van der Waals surface area (Å²) in [6.45, 7) is 0.194. The lowest BCUT2D eigenvalue weighted by Crippen LogP contribution is -2.01. The molecule has 0 aliphatic heterocycles. The maximum absolute atomic E-state index is 12.9. The van der Waals surface area contributed by atoms with E-state index in [0.717, 1.165) is 0 Å². The van der Waals surface area contributed by atoms with Gasteiger partial charge in [0, 0.05) is 0 Å². The Hall–Kier alpha value is -0.830. The van der Waals surface area contributed by atoms with Gasteiger partial charge in [0.05, 0.1) is 15.3 Å². The van der Waals surface area contributed by atoms with Crippen molar-refractivity contribution in [3.8, 4) is 6.07 Å². The first-order valence-electron chi connectivity index (χ1n) is 3.30. The van der Waals surface area contributed by atoms with Crippen LogP contribution in [0, 0.1) is 20.7 Å². The molecule has 4 heteroatoms. The highest BCUT2D eigenvalue weighted by molar-refractivity contribution is 14.1. The quantitative estimate of drug-likeness (QED) is 0.665. The molecule has 1 aromatic carbocycles. The first-order chi connectivity index (χ1) is 5.75. The van der Waals surface area contributed by atoms with Crippen LogP contribution in [0.25, 0.3) is 0 Å². The van der Waals surface area contributed by atoms with E-state index < -0.39 is 0 Å². The van der Waals surface area contributed by atoms with Gasteiger partial charge in [0.15, 0.2) is 0 Å². The fourth-order valence-electron chi connectivity index (χ4n) is 0.775. The van der Waals surface area contributed by atoms with Gasteiger partial charge in [-0.1, -0.05) is 6.07 Å². The molecule has 62 valence electrons. The zero-order chi connectivity index (χ0) is 8.97. The third-order valence-corrected chi connectivity index (χ3v) is 2.41. The van der Waals surface area contributed by atoms with Gasteiger partial charge in [-0.15, -0.1) is 0 Å². The highest BCUT2D eigenvalue weighted by Crippen LogP contribution is 2.20. The van der Waals surface area contributed by atoms with Gasteiger partial charge in [-0.25, -0.2) is 4.39 Å². The number of nitrogens with one attached hydrogen (secondary N) is 1. The number of nitrogens with zero attached hydrogens (tertiary/aromatic N) is 1. The number of hydrogen-bond donors (Lipinski definition) is 1. The van der Waals surface area contributed by atoms with E-state index in [-0.39, 0.29) is 12.4 Å². The molecule has 1 rings (SSSR count). The Morgan fingerprint density at radius 2 is 2.33 bits per heavy atom. The van der Waals surface area contributed by atoms with Gasteiger partial charge >= 0.3 is 0 Å². The maximum atomic E-state index is 12.9. The summed E-state index contributed by atoms with van der Waals surface area (Å²) in [4.78, 5) is 0. The van der Waals surface area contributed by atoms with Gasteiger partial charge in [-0.05, 0) is 34.7 Å². The molecule has 0 radical (unpaired) electrons. The Balaban J connectivity index is 2.86. The van der Waals surface area contributed by atoms with Gasteiger partial charge in [0.2, 0.25) is 0 Å². The van der Waals surface area contributed by atoms with Crippen molar-refractivity contribution in [1.82, 2.24) is 0 Å². The molecule has 0 aliphatic carbocycles. The third-order valence-electron chi connectivity index (χ3n) is 1.31. The smallest absolute Gasteiger partial charge is 0.138 e. The predicted molar refractivity (Wildman–Crippen MR) is 53.2 cm³/mol. The minimum Gasteiger partial charge on any atom is -0.371 e. The topological polar surface area (TPSA) is 35.8 Å². The van der Waals surface area contributed by atoms with Crippen molar-refractivity contribution in [1.29, 1.82) is 5.26 Å². The van der Waals surface area contributed by atoms with Crippen LogP contribution in [0.3, 0.4) is 0 Å². The molecule has 0 aromatic heterocycles. The van der Waals surface area contributed by atoms with Crippen molar-refractivity contribution in [2.45, 2.75) is 0 Å². The molecule has 0 aliphatic rings. The minimum absolute atomic E-state index is 0.194. The molecule has 2 nitrogen and oxygen atoms in total. The normalized spacial score (nSPS) is 9.08. The molecule has 0 atom stereocenters. The van der Waals surface area contributed by atoms with E-state index >= 15 is 0 Å². The molecule has 0 saturated heterocycles. The Kier molecular flexibility index (Phi) is 3.29. The zero-order valence-corrected chi connectivity index (χ0v) is 8.30. The maximum Gasteiger partial charge on any atom is 0.138 e. The van der Waals surface area contributed by atoms with Crippen LogP contribution in [0.5, 0.6) is 0 Å². The van der Waals surface area contributed by atoms with Crippen LogP contribution in [0.15, 0.2) is 18.2 Å². The van der Waals surface area contributed by atoms with E-state index in [4.69, 9.17) is 5.26 Å². The van der Waals surface area contributed by atoms with Gasteiger partial charge in [-0.3, -0.25) is 0 Å². The fourth-order valence-corrected chi connectivity index (χ4v) is 1.33. The second-order valence-corrected chi connectivity index (χ2v) is 3.19. The lowest BCUT2D eigenvalue weighted by atomic mass is 10.3. The van der Waals surface area contributed by atoms with Crippen molar-refractivity contribution in [3.05, 3.63) is 27.6 Å². The van der Waals surface area contributed by atoms with Crippen LogP contribution >= 0.6 is 22.6 Å². The number of halogens is 2. The van der Waals surface area contributed by atoms with Gasteiger partial charge in [-0.2, -0.15) is 5.26 Å². The van der Waals surface area contributed by atoms with E-state index in [1.54, 1.807) is 12.1 Å². The summed E-state index contributed by atoms with van der Waals surface area (Å²) < 4.78 is 13.4. The Morgan fingerprint density at radius 1 is 1.58 bits per heavy atom. The lowest BCUT2D eigenvalue weighted by molar-refractivity contribution is 0.621. The second-order valence-electron chi connectivity index (χ2n) is 2.11. The fraction of sp³-hybridized carbons (Fsp3) is 0.125. The molecule has 0 fully saturated rings. The molecule has 0 spiro atoms. The SMILES string of the molecule is N#CCNc1cccc(F)c1I. The van der Waals surface area contributed by atoms with Crippen LogP contribution in [0.1, 0.15) is 0 Å². The average molecular weight is 276 g/mol. The highest BCUT2D eigenvalue weighted by atomic mass is 127. The average Bonchev–Trinajstić information content (AvgIpc) is 2.08. The number of benzene rings is 1. The molecular weight excluding hydrogens is 270 g/mol. The summed E-state index contributed by atoms with van der Waals surface area (Å²) >= 11 is 1.90. The molecule has 0 amide bonds. The van der Waals surface area contributed by atoms with Crippen LogP contribution in [-0.4, -0.2) is 6.54 Å². The second kappa shape index (κ2) is 4.26. The lowest BCUT2D eigenvalue weighted by Gasteiger charge is -2.04. The van der Waals surface area contributed by atoms with Gasteiger partial charge in [0.1, 0.15) is 12.4 Å². The Bertz CT molecular complexity index is 319. The summed E-state index contributed by atoms with van der Waals surface area (Å²) in [5.74, 6) is -0.265. The van der Waals surface area contributed by atoms with E-state index in [9.17, 15) is 4.39 Å². The van der Waals surface area contributed by atoms with Crippen LogP contribution in [0.2, 0.25) is 0 Å². The largest absolute Gasteiger partial charge is 0.371 e. The third kappa shape index (κ3) is 2.08. The molecule has 0 saturated carbocycles. The molecule has 1 aromatic rings. The van der Waals surface area contributed by atoms with Crippen molar-refractivity contribution in [2.24, 2.45) is 0 Å². The van der Waals surface area contributed by atoms with E-state index in [1.807, 2.05) is 28.7 Å². The molecule has 0 unspecified atom stereocenters. The Labute approximate surface area is 83.5 Å². The minimum atomic E-state index is -0.265. The Morgan fingerprint density at radius 3 is 3.00 bits per heavy atom. The number of rotatable bonds is 2. The van der Waals surface area contributed by atoms with Crippen molar-refractivity contribution in [3.63, 3.8) is 0 Å². The number of anilines is 1. The summed E-state index contributed by atoms with van der Waals surface area (Å²) in [6.07, 6.45) is 0. The van der Waals surface area contributed by atoms with Crippen LogP contribution < -0.4 is 5.32 Å². The zero-order valence-electron chi connectivity index (χ0n) is 6.14. The molecule has 12 heavy (non-hydrogen) atoms. The molecular formula is C8H6FIN2. The molecule has 0 heterocycles. The van der Waals surface area contributed by atoms with E-state index in [1.165, 1.54) is 6.07 Å². The van der Waals surface area contributed by atoms with Crippen LogP contribution in [-0.2, 0) is 0 Å². The van der Waals surface area contributed by atoms with Crippen molar-refractivity contribution in [2.75, 3.05) is 11.9 Å². The monoisotopic (exact) mass is 276 g/mol. The van der Waals surface area contributed by atoms with E-state index in [2.05, 4.69) is 5.32 Å². The summed E-state index contributed by atoms with van der Waals surface area (Å²) in [7, 11) is 0. The summed E-state index contributed by atoms with van der Waals surface area (Å²) in [5.41, 5.74) is 0.664. The highest BCUT2D eigenvalue weighted by Gasteiger charge is 2.02. The summed E-state index contributed by atoms with van der Waals surface area (Å²) in [6, 6.07) is 6.66. The first-order valence-corrected chi connectivity index (χ1v) is 4.38. The summed E-state index contributed by atoms with van der Waals surface area (Å²) in [5, 5.41) is 11.1. The first kappa shape index (κ1) is 9.26.